The van der Waals surface area contributed by atoms with Crippen molar-refractivity contribution in [3.63, 3.8) is 0 Å². The van der Waals surface area contributed by atoms with Crippen LogP contribution in [-0.4, -0.2) is 4.98 Å². The Morgan fingerprint density at radius 3 is 2.90 bits per heavy atom. The van der Waals surface area contributed by atoms with Gasteiger partial charge in [-0.3, -0.25) is 4.29 Å². The van der Waals surface area contributed by atoms with E-state index in [4.69, 9.17) is 11.9 Å². The van der Waals surface area contributed by atoms with E-state index in [0.29, 0.717) is 0 Å². The van der Waals surface area contributed by atoms with Gasteiger partial charge in [-0.1, -0.05) is 6.07 Å². The topological polar surface area (TPSA) is 22.1 Å². The van der Waals surface area contributed by atoms with Crippen molar-refractivity contribution in [2.75, 3.05) is 0 Å². The van der Waals surface area contributed by atoms with Crippen LogP contribution >= 0.6 is 11.9 Å². The van der Waals surface area contributed by atoms with Gasteiger partial charge in [0.25, 0.3) is 0 Å². The normalized spacial score (nSPS) is 9.80. The van der Waals surface area contributed by atoms with E-state index in [0.717, 1.165) is 5.56 Å². The molecule has 0 radical (unpaired) electrons. The van der Waals surface area contributed by atoms with Gasteiger partial charge in [0, 0.05) is 6.20 Å². The van der Waals surface area contributed by atoms with E-state index >= 15 is 0 Å². The minimum atomic E-state index is -0.502. The molecule has 10 heavy (non-hydrogen) atoms. The van der Waals surface area contributed by atoms with Crippen molar-refractivity contribution in [3.05, 3.63) is 29.8 Å². The summed E-state index contributed by atoms with van der Waals surface area (Å²) in [5.41, 5.74) is 0.747. The highest BCUT2D eigenvalue weighted by molar-refractivity contribution is 6.07. The Labute approximate surface area is 62.8 Å². The van der Waals surface area contributed by atoms with Gasteiger partial charge in [0.15, 0.2) is 0 Å². The number of pyridine rings is 1. The highest BCUT2D eigenvalue weighted by atomic mass is 35.5. The summed E-state index contributed by atoms with van der Waals surface area (Å²) in [5.74, 6) is -0.502. The zero-order valence-corrected chi connectivity index (χ0v) is 5.81. The van der Waals surface area contributed by atoms with Crippen LogP contribution < -0.4 is 0 Å². The molecule has 4 heteroatoms. The molecule has 1 aromatic rings. The molecular formula is C6H5ClFNO. The molecule has 1 heterocycles. The molecule has 0 fully saturated rings. The van der Waals surface area contributed by atoms with E-state index in [-0.39, 0.29) is 6.61 Å². The van der Waals surface area contributed by atoms with Crippen LogP contribution in [0.3, 0.4) is 0 Å². The first-order valence-electron chi connectivity index (χ1n) is 2.67. The van der Waals surface area contributed by atoms with E-state index in [1.54, 1.807) is 6.07 Å². The second kappa shape index (κ2) is 3.49. The SMILES string of the molecule is Fc1ccc(COCl)cn1. The zero-order valence-electron chi connectivity index (χ0n) is 5.05. The summed E-state index contributed by atoms with van der Waals surface area (Å²) in [6, 6.07) is 2.82. The average molecular weight is 162 g/mol. The smallest absolute Gasteiger partial charge is 0.212 e. The molecule has 0 saturated carbocycles. The predicted molar refractivity (Wildman–Crippen MR) is 34.8 cm³/mol. The summed E-state index contributed by atoms with van der Waals surface area (Å²) in [7, 11) is 0. The lowest BCUT2D eigenvalue weighted by Gasteiger charge is -1.93. The molecule has 0 atom stereocenters. The molecule has 1 rings (SSSR count). The molecule has 0 aliphatic rings. The number of aromatic nitrogens is 1. The number of halogens is 2. The van der Waals surface area contributed by atoms with Crippen LogP contribution in [0.25, 0.3) is 0 Å². The van der Waals surface area contributed by atoms with Crippen molar-refractivity contribution < 1.29 is 8.68 Å². The van der Waals surface area contributed by atoms with Crippen LogP contribution in [0.15, 0.2) is 18.3 Å². The quantitative estimate of drug-likeness (QED) is 0.618. The number of hydrogen-bond donors (Lipinski definition) is 0. The maximum atomic E-state index is 12.1. The van der Waals surface area contributed by atoms with Crippen molar-refractivity contribution in [1.82, 2.24) is 4.98 Å². The first kappa shape index (κ1) is 7.44. The van der Waals surface area contributed by atoms with Crippen LogP contribution in [0.2, 0.25) is 0 Å². The van der Waals surface area contributed by atoms with Crippen molar-refractivity contribution in [1.29, 1.82) is 0 Å². The monoisotopic (exact) mass is 161 g/mol. The fraction of sp³-hybridized carbons (Fsp3) is 0.167. The minimum Gasteiger partial charge on any atom is -0.274 e. The third-order valence-electron chi connectivity index (χ3n) is 1.01. The van der Waals surface area contributed by atoms with Crippen molar-refractivity contribution in [2.24, 2.45) is 0 Å². The van der Waals surface area contributed by atoms with Crippen molar-refractivity contribution in [3.8, 4) is 0 Å². The summed E-state index contributed by atoms with van der Waals surface area (Å²) in [4.78, 5) is 3.39. The summed E-state index contributed by atoms with van der Waals surface area (Å²) in [6.45, 7) is 0.245. The molecule has 0 aliphatic carbocycles. The van der Waals surface area contributed by atoms with Gasteiger partial charge in [-0.05, 0) is 11.6 Å². The summed E-state index contributed by atoms with van der Waals surface area (Å²) in [5, 5.41) is 0. The average Bonchev–Trinajstić information content (AvgIpc) is 1.95. The molecule has 0 bridgehead atoms. The number of nitrogens with zero attached hydrogens (tertiary/aromatic N) is 1. The van der Waals surface area contributed by atoms with Crippen molar-refractivity contribution >= 4 is 11.9 Å². The lowest BCUT2D eigenvalue weighted by atomic mass is 10.3. The molecule has 2 nitrogen and oxygen atoms in total. The Bertz CT molecular complexity index is 201. The first-order valence-corrected chi connectivity index (χ1v) is 2.98. The van der Waals surface area contributed by atoms with Gasteiger partial charge in [0.1, 0.15) is 0 Å². The summed E-state index contributed by atoms with van der Waals surface area (Å²) >= 11 is 4.95. The molecule has 0 aliphatic heterocycles. The van der Waals surface area contributed by atoms with E-state index < -0.39 is 5.95 Å². The Balaban J connectivity index is 2.69. The van der Waals surface area contributed by atoms with Gasteiger partial charge in [-0.2, -0.15) is 4.39 Å². The molecule has 0 N–H and O–H groups in total. The molecule has 0 amide bonds. The van der Waals surface area contributed by atoms with Gasteiger partial charge in [-0.15, -0.1) is 0 Å². The minimum absolute atomic E-state index is 0.245. The molecule has 0 saturated heterocycles. The number of hydrogen-bond acceptors (Lipinski definition) is 2. The fourth-order valence-electron chi connectivity index (χ4n) is 0.555. The van der Waals surface area contributed by atoms with E-state index in [1.165, 1.54) is 12.3 Å². The maximum Gasteiger partial charge on any atom is 0.212 e. The van der Waals surface area contributed by atoms with Crippen molar-refractivity contribution in [2.45, 2.75) is 6.61 Å². The fourth-order valence-corrected chi connectivity index (χ4v) is 0.681. The van der Waals surface area contributed by atoms with Gasteiger partial charge in [-0.25, -0.2) is 4.98 Å². The molecule has 0 spiro atoms. The van der Waals surface area contributed by atoms with Crippen LogP contribution in [0.1, 0.15) is 5.56 Å². The Morgan fingerprint density at radius 1 is 1.60 bits per heavy atom. The Morgan fingerprint density at radius 2 is 2.40 bits per heavy atom. The van der Waals surface area contributed by atoms with E-state index in [9.17, 15) is 4.39 Å². The maximum absolute atomic E-state index is 12.1. The Hall–Kier alpha value is -0.670. The van der Waals surface area contributed by atoms with Crippen LogP contribution in [0.5, 0.6) is 0 Å². The largest absolute Gasteiger partial charge is 0.274 e. The third kappa shape index (κ3) is 1.93. The van der Waals surface area contributed by atoms with Gasteiger partial charge < -0.3 is 0 Å². The highest BCUT2D eigenvalue weighted by Gasteiger charge is 1.92. The lowest BCUT2D eigenvalue weighted by Crippen LogP contribution is -1.87. The molecule has 0 unspecified atom stereocenters. The van der Waals surface area contributed by atoms with E-state index in [2.05, 4.69) is 9.27 Å². The zero-order chi connectivity index (χ0) is 7.40. The van der Waals surface area contributed by atoms with Gasteiger partial charge in [0.2, 0.25) is 5.95 Å². The molecule has 54 valence electrons. The predicted octanol–water partition coefficient (Wildman–Crippen LogP) is 1.89. The summed E-state index contributed by atoms with van der Waals surface area (Å²) < 4.78 is 16.4. The summed E-state index contributed by atoms with van der Waals surface area (Å²) in [6.07, 6.45) is 1.37. The van der Waals surface area contributed by atoms with Gasteiger partial charge >= 0.3 is 0 Å². The van der Waals surface area contributed by atoms with Crippen LogP contribution in [0, 0.1) is 5.95 Å². The highest BCUT2D eigenvalue weighted by Crippen LogP contribution is 2.01. The lowest BCUT2D eigenvalue weighted by molar-refractivity contribution is 0.339. The van der Waals surface area contributed by atoms with Crippen LogP contribution in [-0.2, 0) is 10.9 Å². The second-order valence-corrected chi connectivity index (χ2v) is 1.96. The number of rotatable bonds is 2. The molecule has 1 aromatic heterocycles. The first-order chi connectivity index (χ1) is 4.83. The second-order valence-electron chi connectivity index (χ2n) is 1.74. The molecule has 0 aromatic carbocycles. The standard InChI is InChI=1S/C6H5ClFNO/c7-10-4-5-1-2-6(8)9-3-5/h1-3H,4H2. The molecular weight excluding hydrogens is 157 g/mol. The van der Waals surface area contributed by atoms with E-state index in [1.807, 2.05) is 0 Å². The Kier molecular flexibility index (Phi) is 2.59. The third-order valence-corrected chi connectivity index (χ3v) is 1.12. The van der Waals surface area contributed by atoms with Crippen LogP contribution in [0.4, 0.5) is 4.39 Å². The van der Waals surface area contributed by atoms with Gasteiger partial charge in [0.05, 0.1) is 18.5 Å².